The highest BCUT2D eigenvalue weighted by Crippen LogP contribution is 2.28. The van der Waals surface area contributed by atoms with Crippen molar-refractivity contribution < 1.29 is 18.7 Å². The van der Waals surface area contributed by atoms with E-state index >= 15 is 0 Å². The normalized spacial score (nSPS) is 24.5. The zero-order valence-electron chi connectivity index (χ0n) is 8.17. The van der Waals surface area contributed by atoms with Crippen molar-refractivity contribution in [1.82, 2.24) is 4.90 Å². The van der Waals surface area contributed by atoms with Gasteiger partial charge in [0.05, 0.1) is 0 Å². The molecule has 0 aromatic heterocycles. The van der Waals surface area contributed by atoms with Crippen molar-refractivity contribution >= 4 is 5.97 Å². The number of halogens is 2. The first-order valence-corrected chi connectivity index (χ1v) is 4.81. The summed E-state index contributed by atoms with van der Waals surface area (Å²) >= 11 is 0. The van der Waals surface area contributed by atoms with Gasteiger partial charge in [0.2, 0.25) is 0 Å². The molecule has 0 amide bonds. The van der Waals surface area contributed by atoms with E-state index in [1.54, 1.807) is 11.8 Å². The van der Waals surface area contributed by atoms with Crippen molar-refractivity contribution in [3.63, 3.8) is 0 Å². The fourth-order valence-electron chi connectivity index (χ4n) is 1.75. The summed E-state index contributed by atoms with van der Waals surface area (Å²) in [5, 5.41) is 8.83. The van der Waals surface area contributed by atoms with Gasteiger partial charge in [-0.1, -0.05) is 6.92 Å². The van der Waals surface area contributed by atoms with Crippen LogP contribution in [0.1, 0.15) is 26.2 Å². The van der Waals surface area contributed by atoms with Crippen LogP contribution in [0.2, 0.25) is 0 Å². The molecule has 0 aromatic rings. The molecule has 1 fully saturated rings. The fourth-order valence-corrected chi connectivity index (χ4v) is 1.75. The Hall–Kier alpha value is -0.710. The highest BCUT2D eigenvalue weighted by molar-refractivity contribution is 5.73. The summed E-state index contributed by atoms with van der Waals surface area (Å²) in [5.74, 6) is -3.52. The average Bonchev–Trinajstić information content (AvgIpc) is 2.08. The molecule has 1 N–H and O–H groups in total. The molecule has 1 aliphatic heterocycles. The fraction of sp³-hybridized carbons (Fsp3) is 0.889. The van der Waals surface area contributed by atoms with Crippen molar-refractivity contribution in [2.24, 2.45) is 0 Å². The summed E-state index contributed by atoms with van der Waals surface area (Å²) in [7, 11) is 0. The zero-order chi connectivity index (χ0) is 10.8. The van der Waals surface area contributed by atoms with E-state index in [1.165, 1.54) is 0 Å². The zero-order valence-corrected chi connectivity index (χ0v) is 8.17. The standard InChI is InChI=1S/C9H15F2NO2/c1-2-7(8(13)14)12-5-3-9(10,11)4-6-12/h7H,2-6H2,1H3,(H,13,14). The molecule has 1 heterocycles. The molecule has 1 saturated heterocycles. The predicted molar refractivity (Wildman–Crippen MR) is 47.5 cm³/mol. The van der Waals surface area contributed by atoms with Gasteiger partial charge in [0, 0.05) is 25.9 Å². The average molecular weight is 207 g/mol. The number of rotatable bonds is 3. The number of alkyl halides is 2. The van der Waals surface area contributed by atoms with Gasteiger partial charge in [0.1, 0.15) is 6.04 Å². The third kappa shape index (κ3) is 2.64. The van der Waals surface area contributed by atoms with Crippen molar-refractivity contribution in [3.05, 3.63) is 0 Å². The Morgan fingerprint density at radius 1 is 1.50 bits per heavy atom. The summed E-state index contributed by atoms with van der Waals surface area (Å²) in [6, 6.07) is -0.605. The van der Waals surface area contributed by atoms with E-state index < -0.39 is 17.9 Å². The van der Waals surface area contributed by atoms with Crippen LogP contribution in [0.15, 0.2) is 0 Å². The molecule has 14 heavy (non-hydrogen) atoms. The maximum absolute atomic E-state index is 12.8. The number of carboxylic acids is 1. The maximum atomic E-state index is 12.8. The molecule has 0 bridgehead atoms. The number of hydrogen-bond acceptors (Lipinski definition) is 2. The molecule has 1 atom stereocenters. The summed E-state index contributed by atoms with van der Waals surface area (Å²) < 4.78 is 25.5. The molecule has 1 aliphatic rings. The van der Waals surface area contributed by atoms with Gasteiger partial charge in [-0.15, -0.1) is 0 Å². The van der Waals surface area contributed by atoms with Gasteiger partial charge < -0.3 is 5.11 Å². The van der Waals surface area contributed by atoms with Crippen LogP contribution in [0.5, 0.6) is 0 Å². The number of piperidine rings is 1. The van der Waals surface area contributed by atoms with Gasteiger partial charge in [0.15, 0.2) is 0 Å². The first kappa shape index (κ1) is 11.4. The minimum absolute atomic E-state index is 0.178. The lowest BCUT2D eigenvalue weighted by Gasteiger charge is -2.35. The third-order valence-corrected chi connectivity index (χ3v) is 2.64. The van der Waals surface area contributed by atoms with Crippen molar-refractivity contribution in [3.8, 4) is 0 Å². The van der Waals surface area contributed by atoms with Crippen LogP contribution in [-0.2, 0) is 4.79 Å². The third-order valence-electron chi connectivity index (χ3n) is 2.64. The number of aliphatic carboxylic acids is 1. The highest BCUT2D eigenvalue weighted by atomic mass is 19.3. The van der Waals surface area contributed by atoms with E-state index in [2.05, 4.69) is 0 Å². The van der Waals surface area contributed by atoms with Crippen LogP contribution < -0.4 is 0 Å². The van der Waals surface area contributed by atoms with E-state index in [4.69, 9.17) is 5.11 Å². The van der Waals surface area contributed by atoms with Crippen LogP contribution in [0, 0.1) is 0 Å². The smallest absolute Gasteiger partial charge is 0.320 e. The molecular weight excluding hydrogens is 192 g/mol. The molecule has 0 radical (unpaired) electrons. The van der Waals surface area contributed by atoms with Gasteiger partial charge in [-0.25, -0.2) is 8.78 Å². The molecule has 1 unspecified atom stereocenters. The van der Waals surface area contributed by atoms with E-state index in [-0.39, 0.29) is 25.9 Å². The Kier molecular flexibility index (Phi) is 3.42. The van der Waals surface area contributed by atoms with Crippen LogP contribution in [0.25, 0.3) is 0 Å². The summed E-state index contributed by atoms with van der Waals surface area (Å²) in [6.45, 7) is 2.11. The Bertz CT molecular complexity index is 211. The quantitative estimate of drug-likeness (QED) is 0.763. The maximum Gasteiger partial charge on any atom is 0.320 e. The van der Waals surface area contributed by atoms with E-state index in [0.29, 0.717) is 6.42 Å². The second-order valence-corrected chi connectivity index (χ2v) is 3.65. The van der Waals surface area contributed by atoms with Gasteiger partial charge in [-0.2, -0.15) is 0 Å². The van der Waals surface area contributed by atoms with Gasteiger partial charge in [-0.05, 0) is 6.42 Å². The summed E-state index contributed by atoms with van der Waals surface area (Å²) in [4.78, 5) is 12.4. The summed E-state index contributed by atoms with van der Waals surface area (Å²) in [6.07, 6.45) is 0.00840. The lowest BCUT2D eigenvalue weighted by molar-refractivity contribution is -0.146. The van der Waals surface area contributed by atoms with E-state index in [0.717, 1.165) is 0 Å². The molecule has 0 saturated carbocycles. The number of hydrogen-bond donors (Lipinski definition) is 1. The highest BCUT2D eigenvalue weighted by Gasteiger charge is 2.37. The minimum atomic E-state index is -2.60. The molecule has 0 aliphatic carbocycles. The lowest BCUT2D eigenvalue weighted by Crippen LogP contribution is -2.48. The lowest BCUT2D eigenvalue weighted by atomic mass is 10.0. The Morgan fingerprint density at radius 2 is 2.00 bits per heavy atom. The molecule has 82 valence electrons. The predicted octanol–water partition coefficient (Wildman–Crippen LogP) is 1.58. The van der Waals surface area contributed by atoms with Crippen LogP contribution in [0.4, 0.5) is 8.78 Å². The minimum Gasteiger partial charge on any atom is -0.480 e. The molecule has 1 rings (SSSR count). The van der Waals surface area contributed by atoms with Crippen molar-refractivity contribution in [1.29, 1.82) is 0 Å². The van der Waals surface area contributed by atoms with Gasteiger partial charge >= 0.3 is 5.97 Å². The first-order chi connectivity index (χ1) is 6.46. The van der Waals surface area contributed by atoms with Crippen LogP contribution in [0.3, 0.4) is 0 Å². The summed E-state index contributed by atoms with van der Waals surface area (Å²) in [5.41, 5.74) is 0. The monoisotopic (exact) mass is 207 g/mol. The number of carboxylic acid groups (broad SMARTS) is 1. The molecule has 3 nitrogen and oxygen atoms in total. The van der Waals surface area contributed by atoms with Crippen LogP contribution >= 0.6 is 0 Å². The van der Waals surface area contributed by atoms with Crippen molar-refractivity contribution in [2.75, 3.05) is 13.1 Å². The number of nitrogens with zero attached hydrogens (tertiary/aromatic N) is 1. The van der Waals surface area contributed by atoms with Crippen molar-refractivity contribution in [2.45, 2.75) is 38.2 Å². The second-order valence-electron chi connectivity index (χ2n) is 3.65. The Balaban J connectivity index is 2.51. The largest absolute Gasteiger partial charge is 0.480 e. The number of likely N-dealkylation sites (tertiary alicyclic amines) is 1. The first-order valence-electron chi connectivity index (χ1n) is 4.81. The molecular formula is C9H15F2NO2. The molecule has 0 aromatic carbocycles. The van der Waals surface area contributed by atoms with Gasteiger partial charge in [-0.3, -0.25) is 9.69 Å². The second kappa shape index (κ2) is 4.21. The Labute approximate surface area is 81.7 Å². The SMILES string of the molecule is CCC(C(=O)O)N1CCC(F)(F)CC1. The number of carbonyl (C=O) groups is 1. The van der Waals surface area contributed by atoms with E-state index in [9.17, 15) is 13.6 Å². The topological polar surface area (TPSA) is 40.5 Å². The Morgan fingerprint density at radius 3 is 2.36 bits per heavy atom. The molecule has 0 spiro atoms. The van der Waals surface area contributed by atoms with Crippen LogP contribution in [-0.4, -0.2) is 41.0 Å². The molecule has 5 heteroatoms. The van der Waals surface area contributed by atoms with E-state index in [1.807, 2.05) is 0 Å². The van der Waals surface area contributed by atoms with Gasteiger partial charge in [0.25, 0.3) is 5.92 Å².